The van der Waals surface area contributed by atoms with E-state index in [1.165, 1.54) is 0 Å². The van der Waals surface area contributed by atoms with E-state index in [2.05, 4.69) is 17.6 Å². The molecular weight excluding hydrogens is 352 g/mol. The number of likely N-dealkylation sites (tertiary alicyclic amines) is 1. The number of hydrogen-bond acceptors (Lipinski definition) is 5. The van der Waals surface area contributed by atoms with Gasteiger partial charge in [-0.3, -0.25) is 4.79 Å². The number of ether oxygens (including phenoxy) is 1. The molecule has 0 unspecified atom stereocenters. The van der Waals surface area contributed by atoms with Crippen molar-refractivity contribution in [2.45, 2.75) is 57.3 Å². The Morgan fingerprint density at radius 1 is 1.31 bits per heavy atom. The van der Waals surface area contributed by atoms with Crippen molar-refractivity contribution in [1.82, 2.24) is 10.2 Å². The van der Waals surface area contributed by atoms with Crippen LogP contribution in [0.15, 0.2) is 18.2 Å². The number of carbonyl (C=O) groups excluding carboxylic acids is 1. The molecule has 0 spiro atoms. The third-order valence-electron chi connectivity index (χ3n) is 5.30. The normalized spacial score (nSPS) is 30.0. The second kappa shape index (κ2) is 7.43. The summed E-state index contributed by atoms with van der Waals surface area (Å²) in [7, 11) is 0. The van der Waals surface area contributed by atoms with Crippen molar-refractivity contribution >= 4 is 17.5 Å². The number of benzene rings is 1. The third-order valence-corrected chi connectivity index (χ3v) is 5.69. The van der Waals surface area contributed by atoms with Crippen molar-refractivity contribution in [3.05, 3.63) is 28.8 Å². The molecule has 7 heteroatoms. The first kappa shape index (κ1) is 18.4. The topological polar surface area (TPSA) is 89.2 Å². The molecule has 1 aromatic rings. The van der Waals surface area contributed by atoms with Gasteiger partial charge < -0.3 is 15.0 Å². The Labute approximate surface area is 158 Å². The van der Waals surface area contributed by atoms with Crippen LogP contribution in [-0.2, 0) is 0 Å². The number of halogens is 1. The monoisotopic (exact) mass is 372 g/mol. The minimum Gasteiger partial charge on any atom is -0.489 e. The molecule has 3 rings (SSSR count). The van der Waals surface area contributed by atoms with Gasteiger partial charge in [-0.1, -0.05) is 17.7 Å². The second-order valence-corrected chi connectivity index (χ2v) is 7.45. The standard InChI is InChI=1S/C19H21ClN4O2/c1-11-6-16(12(2)24(11)10-22)23-19(25)15-4-3-5-17(18(15)20)26-14-7-13(8-14)9-21/h3-5,11-14,16H,6-8H2,1-2H3,(H,23,25)/t11-,12+,13?,14?,16+/m0/s1. The molecule has 1 aliphatic carbocycles. The van der Waals surface area contributed by atoms with Gasteiger partial charge in [0.25, 0.3) is 5.91 Å². The van der Waals surface area contributed by atoms with Gasteiger partial charge in [-0.25, -0.2) is 0 Å². The Morgan fingerprint density at radius 3 is 2.65 bits per heavy atom. The fourth-order valence-corrected chi connectivity index (χ4v) is 3.87. The van der Waals surface area contributed by atoms with E-state index in [1.807, 2.05) is 13.8 Å². The molecule has 2 fully saturated rings. The quantitative estimate of drug-likeness (QED) is 0.820. The van der Waals surface area contributed by atoms with Crippen LogP contribution in [-0.4, -0.2) is 35.0 Å². The number of carbonyl (C=O) groups is 1. The highest BCUT2D eigenvalue weighted by Gasteiger charge is 2.37. The fourth-order valence-electron chi connectivity index (χ4n) is 3.61. The SMILES string of the molecule is C[C@@H]1[C@H](NC(=O)c2cccc(OC3CC(C#N)C3)c2Cl)C[C@H](C)N1C#N. The van der Waals surface area contributed by atoms with Gasteiger partial charge in [-0.15, -0.1) is 0 Å². The summed E-state index contributed by atoms with van der Waals surface area (Å²) in [6.45, 7) is 3.90. The maximum absolute atomic E-state index is 12.7. The fraction of sp³-hybridized carbons (Fsp3) is 0.526. The highest BCUT2D eigenvalue weighted by atomic mass is 35.5. The van der Waals surface area contributed by atoms with Gasteiger partial charge in [-0.05, 0) is 32.4 Å². The van der Waals surface area contributed by atoms with Gasteiger partial charge in [-0.2, -0.15) is 10.5 Å². The summed E-state index contributed by atoms with van der Waals surface area (Å²) in [5, 5.41) is 21.3. The summed E-state index contributed by atoms with van der Waals surface area (Å²) >= 11 is 6.39. The van der Waals surface area contributed by atoms with Crippen LogP contribution in [0.5, 0.6) is 5.75 Å². The molecule has 1 saturated heterocycles. The van der Waals surface area contributed by atoms with E-state index in [0.29, 0.717) is 30.6 Å². The average Bonchev–Trinajstić information content (AvgIpc) is 2.84. The maximum Gasteiger partial charge on any atom is 0.253 e. The molecular formula is C19H21ClN4O2. The molecule has 1 saturated carbocycles. The third kappa shape index (κ3) is 3.43. The number of rotatable bonds is 4. The molecule has 6 nitrogen and oxygen atoms in total. The van der Waals surface area contributed by atoms with Gasteiger partial charge in [0.1, 0.15) is 11.9 Å². The summed E-state index contributed by atoms with van der Waals surface area (Å²) in [4.78, 5) is 14.4. The predicted molar refractivity (Wildman–Crippen MR) is 96.5 cm³/mol. The Hall–Kier alpha value is -2.44. The molecule has 1 N–H and O–H groups in total. The molecule has 0 radical (unpaired) electrons. The molecule has 1 heterocycles. The van der Waals surface area contributed by atoms with Crippen LogP contribution in [0.4, 0.5) is 0 Å². The first-order valence-electron chi connectivity index (χ1n) is 8.78. The highest BCUT2D eigenvalue weighted by Crippen LogP contribution is 2.35. The largest absolute Gasteiger partial charge is 0.489 e. The van der Waals surface area contributed by atoms with Crippen LogP contribution in [0.3, 0.4) is 0 Å². The molecule has 3 atom stereocenters. The van der Waals surface area contributed by atoms with Crippen molar-refractivity contribution in [3.8, 4) is 18.0 Å². The zero-order valence-corrected chi connectivity index (χ0v) is 15.5. The second-order valence-electron chi connectivity index (χ2n) is 7.07. The first-order chi connectivity index (χ1) is 12.4. The van der Waals surface area contributed by atoms with E-state index in [-0.39, 0.29) is 41.1 Å². The summed E-state index contributed by atoms with van der Waals surface area (Å²) in [5.74, 6) is 0.235. The summed E-state index contributed by atoms with van der Waals surface area (Å²) in [6, 6.07) is 7.27. The lowest BCUT2D eigenvalue weighted by molar-refractivity contribution is 0.0880. The maximum atomic E-state index is 12.7. The lowest BCUT2D eigenvalue weighted by atomic mass is 9.83. The van der Waals surface area contributed by atoms with Crippen molar-refractivity contribution in [1.29, 1.82) is 10.5 Å². The van der Waals surface area contributed by atoms with Crippen molar-refractivity contribution in [2.24, 2.45) is 5.92 Å². The molecule has 2 aliphatic rings. The Balaban J connectivity index is 1.68. The minimum atomic E-state index is -0.271. The van der Waals surface area contributed by atoms with Crippen LogP contribution in [0.1, 0.15) is 43.5 Å². The first-order valence-corrected chi connectivity index (χ1v) is 9.16. The van der Waals surface area contributed by atoms with Crippen molar-refractivity contribution in [3.63, 3.8) is 0 Å². The summed E-state index contributed by atoms with van der Waals surface area (Å²) in [6.07, 6.45) is 4.24. The lowest BCUT2D eigenvalue weighted by Gasteiger charge is -2.31. The highest BCUT2D eigenvalue weighted by molar-refractivity contribution is 6.35. The van der Waals surface area contributed by atoms with E-state index in [4.69, 9.17) is 21.6 Å². The van der Waals surface area contributed by atoms with Crippen molar-refractivity contribution < 1.29 is 9.53 Å². The average molecular weight is 373 g/mol. The predicted octanol–water partition coefficient (Wildman–Crippen LogP) is 3.08. The van der Waals surface area contributed by atoms with Crippen LogP contribution in [0, 0.1) is 28.7 Å². The van der Waals surface area contributed by atoms with E-state index in [1.54, 1.807) is 23.1 Å². The smallest absolute Gasteiger partial charge is 0.253 e. The van der Waals surface area contributed by atoms with E-state index in [9.17, 15) is 10.1 Å². The summed E-state index contributed by atoms with van der Waals surface area (Å²) in [5.41, 5.74) is 0.357. The van der Waals surface area contributed by atoms with Gasteiger partial charge >= 0.3 is 0 Å². The van der Waals surface area contributed by atoms with Crippen LogP contribution in [0.25, 0.3) is 0 Å². The number of nitrogens with one attached hydrogen (secondary N) is 1. The lowest BCUT2D eigenvalue weighted by Crippen LogP contribution is -2.42. The summed E-state index contributed by atoms with van der Waals surface area (Å²) < 4.78 is 5.83. The van der Waals surface area contributed by atoms with Gasteiger partial charge in [0.05, 0.1) is 34.7 Å². The molecule has 0 aromatic heterocycles. The minimum absolute atomic E-state index is 0.0321. The molecule has 1 amide bonds. The van der Waals surface area contributed by atoms with Gasteiger partial charge in [0.2, 0.25) is 0 Å². The molecule has 26 heavy (non-hydrogen) atoms. The Morgan fingerprint density at radius 2 is 2.04 bits per heavy atom. The van der Waals surface area contributed by atoms with E-state index >= 15 is 0 Å². The zero-order valence-electron chi connectivity index (χ0n) is 14.8. The zero-order chi connectivity index (χ0) is 18.8. The number of nitriles is 2. The number of amides is 1. The van der Waals surface area contributed by atoms with Gasteiger partial charge in [0, 0.05) is 18.9 Å². The van der Waals surface area contributed by atoms with Crippen LogP contribution < -0.4 is 10.1 Å². The van der Waals surface area contributed by atoms with Crippen LogP contribution in [0.2, 0.25) is 5.02 Å². The van der Waals surface area contributed by atoms with Gasteiger partial charge in [0.15, 0.2) is 6.19 Å². The molecule has 0 bridgehead atoms. The molecule has 136 valence electrons. The van der Waals surface area contributed by atoms with E-state index in [0.717, 1.165) is 0 Å². The Bertz CT molecular complexity index is 779. The Kier molecular flexibility index (Phi) is 5.25. The number of nitrogens with zero attached hydrogens (tertiary/aromatic N) is 3. The van der Waals surface area contributed by atoms with Crippen molar-refractivity contribution in [2.75, 3.05) is 0 Å². The number of hydrogen-bond donors (Lipinski definition) is 1. The molecule has 1 aromatic carbocycles. The van der Waals surface area contributed by atoms with E-state index < -0.39 is 0 Å². The van der Waals surface area contributed by atoms with Crippen LogP contribution >= 0.6 is 11.6 Å². The molecule has 1 aliphatic heterocycles.